The van der Waals surface area contributed by atoms with Crippen molar-refractivity contribution in [2.24, 2.45) is 0 Å². The van der Waals surface area contributed by atoms with Crippen molar-refractivity contribution >= 4 is 29.5 Å². The molecule has 10 heteroatoms. The normalized spacial score (nSPS) is 13.2. The molecule has 0 spiro atoms. The summed E-state index contributed by atoms with van der Waals surface area (Å²) in [6, 6.07) is 13.1. The Balaban J connectivity index is 1.30. The van der Waals surface area contributed by atoms with Crippen LogP contribution in [0.2, 0.25) is 0 Å². The molecule has 0 unspecified atom stereocenters. The van der Waals surface area contributed by atoms with Crippen molar-refractivity contribution in [1.82, 2.24) is 25.5 Å². The molecule has 0 radical (unpaired) electrons. The molecule has 0 atom stereocenters. The van der Waals surface area contributed by atoms with Gasteiger partial charge >= 0.3 is 0 Å². The summed E-state index contributed by atoms with van der Waals surface area (Å²) in [5.74, 6) is 0.698. The minimum absolute atomic E-state index is 0.0206. The van der Waals surface area contributed by atoms with Gasteiger partial charge in [-0.1, -0.05) is 24.3 Å². The SMILES string of the molecule is Cc1cc(CNC(=O)c2cc(C(=O)NCc3ccc(C(=O)N4CCSCC4)cc3)ncn2)ccc1F. The number of aryl methyl sites for hydroxylation is 1. The first-order chi connectivity index (χ1) is 17.4. The second-order valence-electron chi connectivity index (χ2n) is 8.34. The molecule has 0 aliphatic carbocycles. The van der Waals surface area contributed by atoms with Gasteiger partial charge in [0.1, 0.15) is 23.5 Å². The Morgan fingerprint density at radius 3 is 2.08 bits per heavy atom. The second kappa shape index (κ2) is 11.8. The van der Waals surface area contributed by atoms with Crippen LogP contribution in [0.5, 0.6) is 0 Å². The van der Waals surface area contributed by atoms with Crippen molar-refractivity contribution in [2.75, 3.05) is 24.6 Å². The van der Waals surface area contributed by atoms with Gasteiger partial charge in [-0.3, -0.25) is 14.4 Å². The zero-order valence-electron chi connectivity index (χ0n) is 19.8. The lowest BCUT2D eigenvalue weighted by atomic mass is 10.1. The van der Waals surface area contributed by atoms with Crippen LogP contribution in [-0.4, -0.2) is 57.2 Å². The first kappa shape index (κ1) is 25.3. The molecule has 0 saturated carbocycles. The Kier molecular flexibility index (Phi) is 8.27. The van der Waals surface area contributed by atoms with Crippen LogP contribution in [0.1, 0.15) is 48.0 Å². The maximum Gasteiger partial charge on any atom is 0.270 e. The predicted octanol–water partition coefficient (Wildman–Crippen LogP) is 2.97. The maximum atomic E-state index is 13.4. The fourth-order valence-corrected chi connectivity index (χ4v) is 4.59. The third-order valence-electron chi connectivity index (χ3n) is 5.76. The average Bonchev–Trinajstić information content (AvgIpc) is 2.92. The standard InChI is InChI=1S/C26H26FN5O3S/c1-17-12-19(4-7-21(17)27)15-29-25(34)23-13-22(30-16-31-23)24(33)28-14-18-2-5-20(6-3-18)26(35)32-8-10-36-11-9-32/h2-7,12-13,16H,8-11,14-15H2,1H3,(H,28,33)(H,29,34). The van der Waals surface area contributed by atoms with Crippen molar-refractivity contribution in [2.45, 2.75) is 20.0 Å². The zero-order valence-corrected chi connectivity index (χ0v) is 20.6. The van der Waals surface area contributed by atoms with Crippen molar-refractivity contribution in [3.8, 4) is 0 Å². The minimum Gasteiger partial charge on any atom is -0.347 e. The third-order valence-corrected chi connectivity index (χ3v) is 6.70. The molecular formula is C26H26FN5O3S. The number of nitrogens with one attached hydrogen (secondary N) is 2. The molecule has 1 aromatic heterocycles. The molecule has 2 heterocycles. The molecule has 2 aromatic carbocycles. The topological polar surface area (TPSA) is 104 Å². The van der Waals surface area contributed by atoms with Gasteiger partial charge in [-0.05, 0) is 41.8 Å². The molecule has 3 amide bonds. The summed E-state index contributed by atoms with van der Waals surface area (Å²) in [5, 5.41) is 5.48. The molecule has 36 heavy (non-hydrogen) atoms. The fraction of sp³-hybridized carbons (Fsp3) is 0.269. The van der Waals surface area contributed by atoms with Gasteiger partial charge in [0.2, 0.25) is 0 Å². The number of rotatable bonds is 7. The number of benzene rings is 2. The molecule has 1 saturated heterocycles. The van der Waals surface area contributed by atoms with Crippen LogP contribution in [0.25, 0.3) is 0 Å². The number of carbonyl (C=O) groups is 3. The first-order valence-corrected chi connectivity index (χ1v) is 12.7. The van der Waals surface area contributed by atoms with Gasteiger partial charge in [0.15, 0.2) is 0 Å². The molecule has 2 N–H and O–H groups in total. The van der Waals surface area contributed by atoms with E-state index in [1.165, 1.54) is 12.1 Å². The van der Waals surface area contributed by atoms with E-state index in [2.05, 4.69) is 20.6 Å². The zero-order chi connectivity index (χ0) is 25.5. The Morgan fingerprint density at radius 2 is 1.47 bits per heavy atom. The van der Waals surface area contributed by atoms with Crippen LogP contribution in [-0.2, 0) is 13.1 Å². The highest BCUT2D eigenvalue weighted by atomic mass is 32.2. The van der Waals surface area contributed by atoms with Crippen LogP contribution in [0, 0.1) is 12.7 Å². The monoisotopic (exact) mass is 507 g/mol. The van der Waals surface area contributed by atoms with E-state index in [1.807, 2.05) is 28.8 Å². The van der Waals surface area contributed by atoms with E-state index in [4.69, 9.17) is 0 Å². The summed E-state index contributed by atoms with van der Waals surface area (Å²) in [6.45, 7) is 3.60. The van der Waals surface area contributed by atoms with Crippen LogP contribution >= 0.6 is 11.8 Å². The van der Waals surface area contributed by atoms with E-state index in [0.717, 1.165) is 42.0 Å². The van der Waals surface area contributed by atoms with Gasteiger partial charge < -0.3 is 15.5 Å². The molecule has 1 aliphatic rings. The second-order valence-corrected chi connectivity index (χ2v) is 9.56. The lowest BCUT2D eigenvalue weighted by Gasteiger charge is -2.26. The van der Waals surface area contributed by atoms with Crippen LogP contribution in [0.3, 0.4) is 0 Å². The lowest BCUT2D eigenvalue weighted by Crippen LogP contribution is -2.37. The highest BCUT2D eigenvalue weighted by Crippen LogP contribution is 2.14. The Labute approximate surface area is 212 Å². The first-order valence-electron chi connectivity index (χ1n) is 11.5. The van der Waals surface area contributed by atoms with Crippen molar-refractivity contribution < 1.29 is 18.8 Å². The smallest absolute Gasteiger partial charge is 0.270 e. The van der Waals surface area contributed by atoms with Gasteiger partial charge in [0, 0.05) is 49.3 Å². The van der Waals surface area contributed by atoms with Gasteiger partial charge in [0.05, 0.1) is 0 Å². The van der Waals surface area contributed by atoms with Gasteiger partial charge in [-0.15, -0.1) is 0 Å². The van der Waals surface area contributed by atoms with E-state index in [-0.39, 0.29) is 36.2 Å². The van der Waals surface area contributed by atoms with E-state index in [1.54, 1.807) is 31.2 Å². The highest BCUT2D eigenvalue weighted by molar-refractivity contribution is 7.99. The number of nitrogens with zero attached hydrogens (tertiary/aromatic N) is 3. The lowest BCUT2D eigenvalue weighted by molar-refractivity contribution is 0.0771. The Morgan fingerprint density at radius 1 is 0.889 bits per heavy atom. The molecule has 4 rings (SSSR count). The number of aromatic nitrogens is 2. The molecule has 186 valence electrons. The molecule has 8 nitrogen and oxygen atoms in total. The summed E-state index contributed by atoms with van der Waals surface area (Å²) in [6.07, 6.45) is 1.16. The Hall–Kier alpha value is -3.79. The molecule has 0 bridgehead atoms. The Bertz CT molecular complexity index is 1260. The van der Waals surface area contributed by atoms with Gasteiger partial charge in [-0.2, -0.15) is 11.8 Å². The van der Waals surface area contributed by atoms with E-state index in [0.29, 0.717) is 11.1 Å². The van der Waals surface area contributed by atoms with Crippen molar-refractivity contribution in [1.29, 1.82) is 0 Å². The number of hydrogen-bond donors (Lipinski definition) is 2. The summed E-state index contributed by atoms with van der Waals surface area (Å²) >= 11 is 1.85. The van der Waals surface area contributed by atoms with Crippen molar-refractivity contribution in [3.63, 3.8) is 0 Å². The average molecular weight is 508 g/mol. The number of carbonyl (C=O) groups excluding carboxylic acids is 3. The quantitative estimate of drug-likeness (QED) is 0.510. The summed E-state index contributed by atoms with van der Waals surface area (Å²) < 4.78 is 13.4. The molecular weight excluding hydrogens is 481 g/mol. The number of hydrogen-bond acceptors (Lipinski definition) is 6. The van der Waals surface area contributed by atoms with Gasteiger partial charge in [0.25, 0.3) is 17.7 Å². The summed E-state index contributed by atoms with van der Waals surface area (Å²) in [4.78, 5) is 47.4. The molecule has 3 aromatic rings. The van der Waals surface area contributed by atoms with E-state index < -0.39 is 11.8 Å². The van der Waals surface area contributed by atoms with Crippen LogP contribution in [0.15, 0.2) is 54.9 Å². The van der Waals surface area contributed by atoms with Crippen LogP contribution < -0.4 is 10.6 Å². The number of amides is 3. The third kappa shape index (κ3) is 6.45. The fourth-order valence-electron chi connectivity index (χ4n) is 3.68. The van der Waals surface area contributed by atoms with Crippen molar-refractivity contribution in [3.05, 3.63) is 94.3 Å². The highest BCUT2D eigenvalue weighted by Gasteiger charge is 2.18. The van der Waals surface area contributed by atoms with E-state index >= 15 is 0 Å². The number of halogens is 1. The summed E-state index contributed by atoms with van der Waals surface area (Å²) in [7, 11) is 0. The maximum absolute atomic E-state index is 13.4. The van der Waals surface area contributed by atoms with E-state index in [9.17, 15) is 18.8 Å². The van der Waals surface area contributed by atoms with Gasteiger partial charge in [-0.25, -0.2) is 14.4 Å². The number of thioether (sulfide) groups is 1. The molecule has 1 aliphatic heterocycles. The minimum atomic E-state index is -0.471. The predicted molar refractivity (Wildman–Crippen MR) is 135 cm³/mol. The molecule has 1 fully saturated rings. The van der Waals surface area contributed by atoms with Crippen LogP contribution in [0.4, 0.5) is 4.39 Å². The summed E-state index contributed by atoms with van der Waals surface area (Å²) in [5.41, 5.74) is 2.80. The largest absolute Gasteiger partial charge is 0.347 e.